The van der Waals surface area contributed by atoms with Gasteiger partial charge < -0.3 is 37.6 Å². The van der Waals surface area contributed by atoms with Crippen molar-refractivity contribution >= 4 is 47.2 Å². The summed E-state index contributed by atoms with van der Waals surface area (Å²) in [4.78, 5) is 61.0. The van der Waals surface area contributed by atoms with Crippen molar-refractivity contribution in [3.63, 3.8) is 0 Å². The molecule has 0 aromatic heterocycles. The minimum Gasteiger partial charge on any atom is -0.481 e. The first kappa shape index (κ1) is 25.9. The van der Waals surface area contributed by atoms with Crippen LogP contribution < -0.4 is 27.4 Å². The third-order valence-electron chi connectivity index (χ3n) is 3.42. The number of hydrogen-bond acceptors (Lipinski definition) is 6. The van der Waals surface area contributed by atoms with Crippen LogP contribution in [-0.2, 0) is 24.0 Å². The molecular weight excluding hydrogens is 412 g/mol. The molecule has 0 aromatic rings. The second kappa shape index (κ2) is 14.0. The quantitative estimate of drug-likeness (QED) is 0.0649. The van der Waals surface area contributed by atoms with E-state index in [1.54, 1.807) is 0 Å². The van der Waals surface area contributed by atoms with Gasteiger partial charge in [-0.15, -0.1) is 11.6 Å². The Morgan fingerprint density at radius 3 is 2.10 bits per heavy atom. The van der Waals surface area contributed by atoms with Crippen LogP contribution in [0.5, 0.6) is 0 Å². The number of alkyl halides is 1. The molecule has 13 nitrogen and oxygen atoms in total. The van der Waals surface area contributed by atoms with E-state index in [1.807, 2.05) is 0 Å². The number of nitrogens with two attached hydrogens (primary N) is 2. The van der Waals surface area contributed by atoms with Gasteiger partial charge in [-0.05, 0) is 19.3 Å². The van der Waals surface area contributed by atoms with Crippen molar-refractivity contribution in [2.45, 2.75) is 37.8 Å². The fourth-order valence-electron chi connectivity index (χ4n) is 2.07. The smallest absolute Gasteiger partial charge is 0.326 e. The molecule has 1 unspecified atom stereocenters. The Labute approximate surface area is 171 Å². The first-order valence-electron chi connectivity index (χ1n) is 8.49. The van der Waals surface area contributed by atoms with Crippen LogP contribution in [0.15, 0.2) is 4.99 Å². The highest BCUT2D eigenvalue weighted by Crippen LogP contribution is 2.00. The maximum Gasteiger partial charge on any atom is 0.326 e. The van der Waals surface area contributed by atoms with E-state index in [9.17, 15) is 24.0 Å². The molecule has 0 aromatic carbocycles. The van der Waals surface area contributed by atoms with Gasteiger partial charge in [0.1, 0.15) is 18.0 Å². The summed E-state index contributed by atoms with van der Waals surface area (Å²) in [7, 11) is 0. The summed E-state index contributed by atoms with van der Waals surface area (Å²) in [5.41, 5.74) is 10.3. The van der Waals surface area contributed by atoms with Crippen molar-refractivity contribution in [3.05, 3.63) is 0 Å². The average molecular weight is 437 g/mol. The summed E-state index contributed by atoms with van der Waals surface area (Å²) in [5.74, 6) is -5.30. The van der Waals surface area contributed by atoms with Gasteiger partial charge in [-0.1, -0.05) is 0 Å². The molecule has 0 radical (unpaired) electrons. The number of hydrogen-bond donors (Lipinski definition) is 7. The van der Waals surface area contributed by atoms with Crippen molar-refractivity contribution < 1.29 is 34.2 Å². The van der Waals surface area contributed by atoms with Crippen LogP contribution in [-0.4, -0.2) is 76.9 Å². The molecule has 14 heteroatoms. The zero-order chi connectivity index (χ0) is 22.4. The van der Waals surface area contributed by atoms with Gasteiger partial charge in [0.2, 0.25) is 17.7 Å². The zero-order valence-corrected chi connectivity index (χ0v) is 16.3. The van der Waals surface area contributed by atoms with Gasteiger partial charge in [0.05, 0.1) is 6.54 Å². The molecule has 0 saturated carbocycles. The number of halogens is 1. The Bertz CT molecular complexity index is 639. The second-order valence-electron chi connectivity index (χ2n) is 5.81. The van der Waals surface area contributed by atoms with E-state index in [2.05, 4.69) is 20.9 Å². The monoisotopic (exact) mass is 436 g/mol. The predicted octanol–water partition coefficient (Wildman–Crippen LogP) is -2.69. The Hall–Kier alpha value is -3.09. The number of nitrogens with one attached hydrogen (secondary N) is 3. The van der Waals surface area contributed by atoms with E-state index >= 15 is 0 Å². The minimum atomic E-state index is -1.27. The molecule has 2 atom stereocenters. The lowest BCUT2D eigenvalue weighted by atomic mass is 10.1. The highest BCUT2D eigenvalue weighted by Gasteiger charge is 2.23. The molecule has 0 fully saturated rings. The molecule has 164 valence electrons. The van der Waals surface area contributed by atoms with E-state index in [0.29, 0.717) is 6.42 Å². The van der Waals surface area contributed by atoms with Crippen molar-refractivity contribution in [1.82, 2.24) is 16.0 Å². The largest absolute Gasteiger partial charge is 0.481 e. The van der Waals surface area contributed by atoms with E-state index in [0.717, 1.165) is 0 Å². The van der Waals surface area contributed by atoms with E-state index in [4.69, 9.17) is 33.3 Å². The number of nitrogens with zero attached hydrogens (tertiary/aromatic N) is 1. The molecule has 9 N–H and O–H groups in total. The molecule has 0 aliphatic carbocycles. The predicted molar refractivity (Wildman–Crippen MR) is 102 cm³/mol. The lowest BCUT2D eigenvalue weighted by Gasteiger charge is -2.18. The number of aliphatic carboxylic acids is 2. The Balaban J connectivity index is 4.64. The number of carbonyl (C=O) groups is 5. The van der Waals surface area contributed by atoms with Crippen molar-refractivity contribution in [2.24, 2.45) is 16.5 Å². The number of amides is 3. The number of rotatable bonds is 14. The second-order valence-corrected chi connectivity index (χ2v) is 6.08. The molecule has 0 saturated heterocycles. The van der Waals surface area contributed by atoms with Gasteiger partial charge in [0, 0.05) is 13.0 Å². The third kappa shape index (κ3) is 12.8. The normalized spacial score (nSPS) is 12.2. The first-order valence-corrected chi connectivity index (χ1v) is 9.02. The van der Waals surface area contributed by atoms with Gasteiger partial charge >= 0.3 is 11.9 Å². The summed E-state index contributed by atoms with van der Waals surface area (Å²) in [6.07, 6.45) is -0.264. The van der Waals surface area contributed by atoms with Gasteiger partial charge in [-0.2, -0.15) is 0 Å². The van der Waals surface area contributed by atoms with Gasteiger partial charge in [-0.25, -0.2) is 4.79 Å². The van der Waals surface area contributed by atoms with Crippen LogP contribution in [0.2, 0.25) is 0 Å². The number of carbonyl (C=O) groups excluding carboxylic acids is 3. The minimum absolute atomic E-state index is 0.0544. The lowest BCUT2D eigenvalue weighted by Crippen LogP contribution is -2.51. The highest BCUT2D eigenvalue weighted by atomic mass is 35.5. The number of aliphatic imine (C=N–C) groups is 1. The van der Waals surface area contributed by atoms with Crippen LogP contribution in [0, 0.1) is 0 Å². The summed E-state index contributed by atoms with van der Waals surface area (Å²) < 4.78 is 0. The fourth-order valence-corrected chi connectivity index (χ4v) is 2.14. The molecule has 0 rings (SSSR count). The van der Waals surface area contributed by atoms with Crippen LogP contribution in [0.4, 0.5) is 0 Å². The molecule has 0 spiro atoms. The average Bonchev–Trinajstić information content (AvgIpc) is 2.64. The van der Waals surface area contributed by atoms with Gasteiger partial charge in [-0.3, -0.25) is 24.2 Å². The van der Waals surface area contributed by atoms with E-state index in [1.165, 1.54) is 0 Å². The van der Waals surface area contributed by atoms with Crippen molar-refractivity contribution in [3.8, 4) is 0 Å². The summed E-state index contributed by atoms with van der Waals surface area (Å²) >= 11 is 5.35. The van der Waals surface area contributed by atoms with Crippen molar-refractivity contribution in [1.29, 1.82) is 0 Å². The molecule has 29 heavy (non-hydrogen) atoms. The Kier molecular flexibility index (Phi) is 12.5. The molecular formula is C15H25ClN6O7. The van der Waals surface area contributed by atoms with E-state index < -0.39 is 60.6 Å². The van der Waals surface area contributed by atoms with Crippen LogP contribution >= 0.6 is 11.6 Å². The molecule has 0 bridgehead atoms. The number of guanidine groups is 1. The van der Waals surface area contributed by atoms with E-state index in [-0.39, 0.29) is 25.3 Å². The van der Waals surface area contributed by atoms with Gasteiger partial charge in [0.15, 0.2) is 5.96 Å². The third-order valence-corrected chi connectivity index (χ3v) is 3.66. The molecule has 3 amide bonds. The van der Waals surface area contributed by atoms with Crippen molar-refractivity contribution in [2.75, 3.05) is 19.0 Å². The fraction of sp³-hybridized carbons (Fsp3) is 0.600. The topological polar surface area (TPSA) is 226 Å². The maximum absolute atomic E-state index is 12.1. The number of carboxylic acid groups (broad SMARTS) is 2. The maximum atomic E-state index is 12.1. The van der Waals surface area contributed by atoms with Crippen LogP contribution in [0.1, 0.15) is 25.7 Å². The highest BCUT2D eigenvalue weighted by molar-refractivity contribution is 6.27. The molecule has 0 heterocycles. The standard InChI is InChI=1S/C15H25ClN6O7/c16-6-10(23)21-8(3-4-12(25)26)13(27)20-7-11(24)22-9(14(28)29)2-1-5-19-15(17)18/h8-9H,1-7H2,(H,20,27)(H,21,23)(H,22,24)(H,25,26)(H,28,29)(H4,17,18,19)/t8?,9-/m1/s1. The molecule has 0 aliphatic heterocycles. The summed E-state index contributed by atoms with van der Waals surface area (Å²) in [6.45, 7) is -0.388. The van der Waals surface area contributed by atoms with Gasteiger partial charge in [0.25, 0.3) is 0 Å². The number of carboxylic acids is 2. The SMILES string of the molecule is NC(N)=NCCC[C@@H](NC(=O)CNC(=O)C(CCC(=O)O)NC(=O)CCl)C(=O)O. The Morgan fingerprint density at radius 1 is 0.966 bits per heavy atom. The first-order chi connectivity index (χ1) is 13.6. The molecule has 0 aliphatic rings. The van der Waals surface area contributed by atoms with Crippen LogP contribution in [0.3, 0.4) is 0 Å². The summed E-state index contributed by atoms with van der Waals surface area (Å²) in [5, 5.41) is 24.5. The Morgan fingerprint density at radius 2 is 1.59 bits per heavy atom. The van der Waals surface area contributed by atoms with Crippen LogP contribution in [0.25, 0.3) is 0 Å². The summed E-state index contributed by atoms with van der Waals surface area (Å²) in [6, 6.07) is -2.42. The zero-order valence-electron chi connectivity index (χ0n) is 15.5. The lowest BCUT2D eigenvalue weighted by molar-refractivity contribution is -0.142.